The first-order valence-electron chi connectivity index (χ1n) is 13.1. The number of aromatic nitrogens is 1. The van der Waals surface area contributed by atoms with Crippen LogP contribution in [0.5, 0.6) is 11.5 Å². The van der Waals surface area contributed by atoms with Crippen molar-refractivity contribution in [2.45, 2.75) is 18.0 Å². The summed E-state index contributed by atoms with van der Waals surface area (Å²) in [4.78, 5) is 57.7. The number of nitro benzene ring substituents is 1. The Labute approximate surface area is 231 Å². The molecule has 3 aromatic carbocycles. The number of carbonyl (C=O) groups excluding carboxylic acids is 3. The molecule has 4 aliphatic rings. The van der Waals surface area contributed by atoms with E-state index in [1.807, 2.05) is 30.5 Å². The summed E-state index contributed by atoms with van der Waals surface area (Å²) in [7, 11) is 0. The highest BCUT2D eigenvalue weighted by Crippen LogP contribution is 2.55. The number of carbonyl (C=O) groups is 3. The van der Waals surface area contributed by atoms with Crippen molar-refractivity contribution in [1.82, 2.24) is 10.3 Å². The van der Waals surface area contributed by atoms with E-state index in [1.54, 1.807) is 18.2 Å². The Morgan fingerprint density at radius 1 is 1.00 bits per heavy atom. The monoisotopic (exact) mass is 551 g/mol. The number of nitrogens with zero attached hydrogens (tertiary/aromatic N) is 2. The lowest BCUT2D eigenvalue weighted by Crippen LogP contribution is -2.53. The molecular formula is C29H21N5O7. The summed E-state index contributed by atoms with van der Waals surface area (Å²) < 4.78 is 10.9. The molecule has 3 N–H and O–H groups in total. The summed E-state index contributed by atoms with van der Waals surface area (Å²) >= 11 is 0. The van der Waals surface area contributed by atoms with Gasteiger partial charge in [-0.2, -0.15) is 0 Å². The highest BCUT2D eigenvalue weighted by atomic mass is 16.7. The van der Waals surface area contributed by atoms with Gasteiger partial charge in [0.05, 0.1) is 22.4 Å². The molecule has 1 aromatic heterocycles. The van der Waals surface area contributed by atoms with E-state index in [2.05, 4.69) is 15.6 Å². The molecule has 3 amide bonds. The number of ether oxygens (including phenoxy) is 2. The number of benzene rings is 3. The normalized spacial score (nSPS) is 25.7. The number of anilines is 2. The Bertz CT molecular complexity index is 1850. The van der Waals surface area contributed by atoms with Gasteiger partial charge in [0.15, 0.2) is 11.5 Å². The zero-order valence-corrected chi connectivity index (χ0v) is 21.2. The maximum Gasteiger partial charge on any atom is 0.269 e. The van der Waals surface area contributed by atoms with Gasteiger partial charge in [0, 0.05) is 52.6 Å². The smallest absolute Gasteiger partial charge is 0.269 e. The third-order valence-corrected chi connectivity index (χ3v) is 8.64. The quantitative estimate of drug-likeness (QED) is 0.199. The average molecular weight is 552 g/mol. The number of fused-ring (bicyclic) bond motifs is 6. The van der Waals surface area contributed by atoms with Crippen molar-refractivity contribution in [3.63, 3.8) is 0 Å². The van der Waals surface area contributed by atoms with E-state index in [1.165, 1.54) is 18.2 Å². The van der Waals surface area contributed by atoms with Crippen molar-refractivity contribution in [2.24, 2.45) is 11.8 Å². The number of hydrogen-bond donors (Lipinski definition) is 3. The summed E-state index contributed by atoms with van der Waals surface area (Å²) in [6, 6.07) is 16.0. The van der Waals surface area contributed by atoms with Gasteiger partial charge in [-0.1, -0.05) is 18.2 Å². The van der Waals surface area contributed by atoms with Gasteiger partial charge in [0.1, 0.15) is 5.54 Å². The largest absolute Gasteiger partial charge is 0.454 e. The fraction of sp³-hybridized carbons (Fsp3) is 0.207. The van der Waals surface area contributed by atoms with Gasteiger partial charge in [-0.15, -0.1) is 0 Å². The van der Waals surface area contributed by atoms with Gasteiger partial charge < -0.3 is 19.8 Å². The Hall–Kier alpha value is -5.23. The molecule has 4 atom stereocenters. The topological polar surface area (TPSA) is 156 Å². The number of hydrogen-bond acceptors (Lipinski definition) is 8. The number of nitro groups is 1. The Morgan fingerprint density at radius 2 is 1.83 bits per heavy atom. The summed E-state index contributed by atoms with van der Waals surface area (Å²) in [6.07, 6.45) is 2.19. The summed E-state index contributed by atoms with van der Waals surface area (Å²) in [5.74, 6) is -2.71. The third-order valence-electron chi connectivity index (χ3n) is 8.64. The van der Waals surface area contributed by atoms with E-state index >= 15 is 0 Å². The molecular weight excluding hydrogens is 530 g/mol. The fourth-order valence-corrected chi connectivity index (χ4v) is 6.89. The average Bonchev–Trinajstić information content (AvgIpc) is 3.76. The minimum Gasteiger partial charge on any atom is -0.454 e. The zero-order chi connectivity index (χ0) is 28.0. The lowest BCUT2D eigenvalue weighted by atomic mass is 9.76. The number of H-pyrrole nitrogens is 1. The standard InChI is InChI=1S/C29H21N5O7/c35-26-24-21(9-14-12-30-19-4-2-1-3-17(14)19)32-29(18-10-16(34(38)39)5-7-20(18)31-28(29)37)25(24)27(36)33(26)15-6-8-22-23(11-15)41-13-40-22/h1-8,10-12,21,24-25,30,32H,9,13H2,(H,31,37)/t21-,24+,25-,29-/m0/s1. The van der Waals surface area contributed by atoms with Crippen LogP contribution in [0.1, 0.15) is 11.1 Å². The van der Waals surface area contributed by atoms with Gasteiger partial charge in [-0.25, -0.2) is 4.90 Å². The summed E-state index contributed by atoms with van der Waals surface area (Å²) in [5, 5.41) is 18.8. The number of amides is 3. The molecule has 4 aromatic rings. The molecule has 2 saturated heterocycles. The van der Waals surface area contributed by atoms with Crippen LogP contribution in [-0.4, -0.2) is 40.5 Å². The SMILES string of the molecule is O=C1[C@@H]2[C@H](Cc3c[nH]c4ccccc34)N[C@]3(C(=O)Nc4ccc([N+](=O)[O-])cc43)[C@@H]2C(=O)N1c1ccc2c(c1)OCO2. The van der Waals surface area contributed by atoms with E-state index in [4.69, 9.17) is 9.47 Å². The highest BCUT2D eigenvalue weighted by molar-refractivity contribution is 6.26. The lowest BCUT2D eigenvalue weighted by Gasteiger charge is -2.29. The van der Waals surface area contributed by atoms with E-state index in [-0.39, 0.29) is 18.0 Å². The van der Waals surface area contributed by atoms with Gasteiger partial charge in [-0.05, 0) is 36.2 Å². The van der Waals surface area contributed by atoms with Crippen molar-refractivity contribution in [3.05, 3.63) is 88.1 Å². The van der Waals surface area contributed by atoms with Gasteiger partial charge in [-0.3, -0.25) is 29.8 Å². The maximum absolute atomic E-state index is 14.3. The van der Waals surface area contributed by atoms with E-state index in [0.717, 1.165) is 21.4 Å². The molecule has 1 spiro atoms. The highest BCUT2D eigenvalue weighted by Gasteiger charge is 2.70. The number of nitrogens with one attached hydrogen (secondary N) is 3. The second kappa shape index (κ2) is 8.15. The molecule has 0 radical (unpaired) electrons. The second-order valence-corrected chi connectivity index (χ2v) is 10.6. The summed E-state index contributed by atoms with van der Waals surface area (Å²) in [5.41, 5.74) is 0.874. The second-order valence-electron chi connectivity index (χ2n) is 10.6. The number of non-ortho nitro benzene ring substituents is 1. The molecule has 0 unspecified atom stereocenters. The number of rotatable bonds is 4. The first-order chi connectivity index (χ1) is 19.9. The first kappa shape index (κ1) is 23.6. The molecule has 0 bridgehead atoms. The van der Waals surface area contributed by atoms with Crippen LogP contribution in [0.25, 0.3) is 10.9 Å². The number of aromatic amines is 1. The van der Waals surface area contributed by atoms with Crippen molar-refractivity contribution < 1.29 is 28.8 Å². The molecule has 12 heteroatoms. The van der Waals surface area contributed by atoms with Crippen LogP contribution < -0.4 is 25.0 Å². The maximum atomic E-state index is 14.3. The van der Waals surface area contributed by atoms with Crippen molar-refractivity contribution in [1.29, 1.82) is 0 Å². The number of para-hydroxylation sites is 1. The molecule has 12 nitrogen and oxygen atoms in total. The Morgan fingerprint density at radius 3 is 2.68 bits per heavy atom. The Balaban J connectivity index is 1.28. The summed E-state index contributed by atoms with van der Waals surface area (Å²) in [6.45, 7) is 0.0292. The van der Waals surface area contributed by atoms with Crippen LogP contribution in [0.4, 0.5) is 17.1 Å². The van der Waals surface area contributed by atoms with Crippen LogP contribution in [0.2, 0.25) is 0 Å². The fourth-order valence-electron chi connectivity index (χ4n) is 6.89. The van der Waals surface area contributed by atoms with Gasteiger partial charge >= 0.3 is 0 Å². The molecule has 204 valence electrons. The molecule has 41 heavy (non-hydrogen) atoms. The molecule has 0 saturated carbocycles. The van der Waals surface area contributed by atoms with Crippen molar-refractivity contribution in [2.75, 3.05) is 17.0 Å². The zero-order valence-electron chi connectivity index (χ0n) is 21.2. The minimum absolute atomic E-state index is 0.0292. The van der Waals surface area contributed by atoms with E-state index in [9.17, 15) is 24.5 Å². The molecule has 0 aliphatic carbocycles. The van der Waals surface area contributed by atoms with Crippen LogP contribution in [-0.2, 0) is 26.3 Å². The first-order valence-corrected chi connectivity index (χ1v) is 13.1. The third kappa shape index (κ3) is 3.10. The van der Waals surface area contributed by atoms with Gasteiger partial charge in [0.25, 0.3) is 5.69 Å². The van der Waals surface area contributed by atoms with Crippen molar-refractivity contribution in [3.8, 4) is 11.5 Å². The van der Waals surface area contributed by atoms with Crippen LogP contribution >= 0.6 is 0 Å². The van der Waals surface area contributed by atoms with Crippen LogP contribution in [0.3, 0.4) is 0 Å². The van der Waals surface area contributed by atoms with E-state index in [0.29, 0.717) is 29.3 Å². The van der Waals surface area contributed by atoms with Crippen LogP contribution in [0, 0.1) is 22.0 Å². The predicted octanol–water partition coefficient (Wildman–Crippen LogP) is 2.97. The number of imide groups is 1. The molecule has 5 heterocycles. The Kier molecular flexibility index (Phi) is 4.70. The predicted molar refractivity (Wildman–Crippen MR) is 144 cm³/mol. The van der Waals surface area contributed by atoms with Crippen molar-refractivity contribution >= 4 is 45.7 Å². The van der Waals surface area contributed by atoms with Gasteiger partial charge in [0.2, 0.25) is 24.5 Å². The minimum atomic E-state index is -1.68. The molecule has 4 aliphatic heterocycles. The molecule has 8 rings (SSSR count). The van der Waals surface area contributed by atoms with Crippen LogP contribution in [0.15, 0.2) is 66.9 Å². The van der Waals surface area contributed by atoms with E-state index < -0.39 is 46.1 Å². The molecule has 2 fully saturated rings. The lowest BCUT2D eigenvalue weighted by molar-refractivity contribution is -0.384.